The van der Waals surface area contributed by atoms with Crippen molar-refractivity contribution in [3.63, 3.8) is 0 Å². The minimum atomic E-state index is -1.32. The molecule has 0 spiro atoms. The molecule has 0 aromatic heterocycles. The highest BCUT2D eigenvalue weighted by molar-refractivity contribution is 6.19. The Balaban J connectivity index is 2.33. The number of nitrogens with one attached hydrogen (secondary N) is 1. The minimum Gasteiger partial charge on any atom is -0.344 e. The molecule has 2 aliphatic heterocycles. The van der Waals surface area contributed by atoms with Crippen molar-refractivity contribution in [3.05, 3.63) is 0 Å². The first-order valence-corrected chi connectivity index (χ1v) is 5.71. The van der Waals surface area contributed by atoms with Gasteiger partial charge < -0.3 is 4.90 Å². The molecule has 2 rings (SSSR count). The van der Waals surface area contributed by atoms with Crippen molar-refractivity contribution in [1.29, 1.82) is 0 Å². The highest BCUT2D eigenvalue weighted by Crippen LogP contribution is 2.27. The summed E-state index contributed by atoms with van der Waals surface area (Å²) < 4.78 is 0. The van der Waals surface area contributed by atoms with E-state index in [1.165, 1.54) is 18.7 Å². The summed E-state index contributed by atoms with van der Waals surface area (Å²) >= 11 is 0. The third kappa shape index (κ3) is 1.58. The SMILES string of the molecule is CN1CCC(N2C(=O)NC(=O)C(C)(C)C2=O)C1=O. The van der Waals surface area contributed by atoms with E-state index in [0.29, 0.717) is 13.0 Å². The van der Waals surface area contributed by atoms with Gasteiger partial charge >= 0.3 is 6.03 Å². The lowest BCUT2D eigenvalue weighted by Gasteiger charge is -2.36. The summed E-state index contributed by atoms with van der Waals surface area (Å²) in [5.74, 6) is -1.53. The van der Waals surface area contributed by atoms with E-state index in [4.69, 9.17) is 0 Å². The number of hydrogen-bond acceptors (Lipinski definition) is 4. The predicted molar refractivity (Wildman–Crippen MR) is 60.2 cm³/mol. The van der Waals surface area contributed by atoms with Crippen LogP contribution < -0.4 is 5.32 Å². The number of urea groups is 1. The highest BCUT2D eigenvalue weighted by atomic mass is 16.2. The molecule has 98 valence electrons. The van der Waals surface area contributed by atoms with Crippen LogP contribution in [0.15, 0.2) is 0 Å². The topological polar surface area (TPSA) is 86.8 Å². The van der Waals surface area contributed by atoms with Gasteiger partial charge in [-0.3, -0.25) is 24.6 Å². The average molecular weight is 253 g/mol. The number of carbonyl (C=O) groups excluding carboxylic acids is 4. The average Bonchev–Trinajstić information content (AvgIpc) is 2.59. The predicted octanol–water partition coefficient (Wildman–Crippen LogP) is -0.678. The van der Waals surface area contributed by atoms with Gasteiger partial charge in [-0.25, -0.2) is 4.79 Å². The molecule has 0 radical (unpaired) electrons. The Hall–Kier alpha value is -1.92. The summed E-state index contributed by atoms with van der Waals surface area (Å²) in [6.07, 6.45) is 0.402. The quantitative estimate of drug-likeness (QED) is 0.627. The summed E-state index contributed by atoms with van der Waals surface area (Å²) in [4.78, 5) is 49.7. The smallest absolute Gasteiger partial charge is 0.331 e. The molecule has 1 unspecified atom stereocenters. The summed E-state index contributed by atoms with van der Waals surface area (Å²) in [5.41, 5.74) is -1.32. The van der Waals surface area contributed by atoms with E-state index < -0.39 is 29.3 Å². The highest BCUT2D eigenvalue weighted by Gasteiger charge is 2.52. The number of likely N-dealkylation sites (N-methyl/N-ethyl adjacent to an activating group) is 1. The van der Waals surface area contributed by atoms with E-state index in [0.717, 1.165) is 4.90 Å². The molecule has 1 N–H and O–H groups in total. The maximum Gasteiger partial charge on any atom is 0.331 e. The Kier molecular flexibility index (Phi) is 2.64. The Morgan fingerprint density at radius 2 is 1.83 bits per heavy atom. The molecule has 0 aliphatic carbocycles. The lowest BCUT2D eigenvalue weighted by Crippen LogP contribution is -2.65. The maximum atomic E-state index is 12.2. The van der Waals surface area contributed by atoms with Gasteiger partial charge in [-0.05, 0) is 20.3 Å². The third-order valence-corrected chi connectivity index (χ3v) is 3.47. The van der Waals surface area contributed by atoms with Gasteiger partial charge in [0.05, 0.1) is 0 Å². The summed E-state index contributed by atoms with van der Waals surface area (Å²) in [7, 11) is 1.62. The molecule has 2 saturated heterocycles. The number of rotatable bonds is 1. The molecular weight excluding hydrogens is 238 g/mol. The van der Waals surface area contributed by atoms with Gasteiger partial charge in [0.1, 0.15) is 11.5 Å². The van der Waals surface area contributed by atoms with Crippen molar-refractivity contribution in [3.8, 4) is 0 Å². The normalized spacial score (nSPS) is 27.8. The van der Waals surface area contributed by atoms with Crippen LogP contribution in [0.5, 0.6) is 0 Å². The van der Waals surface area contributed by atoms with Crippen molar-refractivity contribution in [2.45, 2.75) is 26.3 Å². The molecule has 7 nitrogen and oxygen atoms in total. The van der Waals surface area contributed by atoms with Crippen LogP contribution in [0.3, 0.4) is 0 Å². The van der Waals surface area contributed by atoms with Crippen LogP contribution in [0, 0.1) is 5.41 Å². The van der Waals surface area contributed by atoms with Crippen LogP contribution in [-0.4, -0.2) is 53.2 Å². The molecule has 0 aromatic rings. The standard InChI is InChI=1S/C11H15N3O4/c1-11(2)8(16)12-10(18)14(9(11)17)6-4-5-13(3)7(6)15/h6H,4-5H2,1-3H3,(H,12,16,18). The Morgan fingerprint density at radius 1 is 1.22 bits per heavy atom. The first kappa shape index (κ1) is 12.5. The Labute approximate surface area is 104 Å². The molecule has 18 heavy (non-hydrogen) atoms. The number of likely N-dealkylation sites (tertiary alicyclic amines) is 1. The van der Waals surface area contributed by atoms with E-state index in [1.807, 2.05) is 0 Å². The van der Waals surface area contributed by atoms with Gasteiger partial charge in [0.2, 0.25) is 17.7 Å². The number of hydrogen-bond donors (Lipinski definition) is 1. The zero-order valence-corrected chi connectivity index (χ0v) is 10.5. The van der Waals surface area contributed by atoms with Crippen molar-refractivity contribution in [2.24, 2.45) is 5.41 Å². The molecule has 2 heterocycles. The fourth-order valence-electron chi connectivity index (χ4n) is 2.13. The lowest BCUT2D eigenvalue weighted by molar-refractivity contribution is -0.153. The summed E-state index contributed by atoms with van der Waals surface area (Å²) in [5, 5.41) is 2.12. The van der Waals surface area contributed by atoms with Crippen molar-refractivity contribution < 1.29 is 19.2 Å². The van der Waals surface area contributed by atoms with Gasteiger partial charge in [-0.15, -0.1) is 0 Å². The third-order valence-electron chi connectivity index (χ3n) is 3.47. The van der Waals surface area contributed by atoms with Crippen molar-refractivity contribution in [2.75, 3.05) is 13.6 Å². The summed E-state index contributed by atoms with van der Waals surface area (Å²) in [6, 6.07) is -1.60. The monoisotopic (exact) mass is 253 g/mol. The van der Waals surface area contributed by atoms with E-state index in [2.05, 4.69) is 5.32 Å². The summed E-state index contributed by atoms with van der Waals surface area (Å²) in [6.45, 7) is 3.37. The first-order valence-electron chi connectivity index (χ1n) is 5.71. The van der Waals surface area contributed by atoms with Crippen molar-refractivity contribution in [1.82, 2.24) is 15.1 Å². The first-order chi connectivity index (χ1) is 8.26. The molecule has 7 heteroatoms. The molecule has 2 aliphatic rings. The zero-order chi connectivity index (χ0) is 13.7. The number of nitrogens with zero attached hydrogens (tertiary/aromatic N) is 2. The van der Waals surface area contributed by atoms with E-state index in [9.17, 15) is 19.2 Å². The van der Waals surface area contributed by atoms with E-state index in [-0.39, 0.29) is 5.91 Å². The lowest BCUT2D eigenvalue weighted by atomic mass is 9.88. The van der Waals surface area contributed by atoms with Crippen LogP contribution in [0.1, 0.15) is 20.3 Å². The van der Waals surface area contributed by atoms with Crippen molar-refractivity contribution >= 4 is 23.8 Å². The number of amides is 5. The van der Waals surface area contributed by atoms with E-state index >= 15 is 0 Å². The van der Waals surface area contributed by atoms with Crippen LogP contribution >= 0.6 is 0 Å². The Morgan fingerprint density at radius 3 is 2.33 bits per heavy atom. The van der Waals surface area contributed by atoms with Gasteiger partial charge in [0.15, 0.2) is 0 Å². The number of barbiturate groups is 1. The molecule has 0 aromatic carbocycles. The molecule has 1 atom stereocenters. The van der Waals surface area contributed by atoms with Gasteiger partial charge in [0.25, 0.3) is 0 Å². The number of imide groups is 2. The fourth-order valence-corrected chi connectivity index (χ4v) is 2.13. The molecule has 5 amide bonds. The number of carbonyl (C=O) groups is 4. The van der Waals surface area contributed by atoms with Gasteiger partial charge in [-0.1, -0.05) is 0 Å². The van der Waals surface area contributed by atoms with Gasteiger partial charge in [0, 0.05) is 13.6 Å². The molecule has 0 saturated carbocycles. The second-order valence-electron chi connectivity index (χ2n) is 5.12. The molecule has 0 bridgehead atoms. The van der Waals surface area contributed by atoms with Crippen LogP contribution in [0.4, 0.5) is 4.79 Å². The minimum absolute atomic E-state index is 0.274. The second-order valence-corrected chi connectivity index (χ2v) is 5.12. The maximum absolute atomic E-state index is 12.2. The Bertz CT molecular complexity index is 457. The largest absolute Gasteiger partial charge is 0.344 e. The molecular formula is C11H15N3O4. The van der Waals surface area contributed by atoms with Crippen LogP contribution in [-0.2, 0) is 14.4 Å². The van der Waals surface area contributed by atoms with Gasteiger partial charge in [-0.2, -0.15) is 0 Å². The fraction of sp³-hybridized carbons (Fsp3) is 0.636. The second kappa shape index (κ2) is 3.79. The zero-order valence-electron chi connectivity index (χ0n) is 10.5. The van der Waals surface area contributed by atoms with Crippen LogP contribution in [0.2, 0.25) is 0 Å². The van der Waals surface area contributed by atoms with Crippen LogP contribution in [0.25, 0.3) is 0 Å². The molecule has 2 fully saturated rings. The van der Waals surface area contributed by atoms with E-state index in [1.54, 1.807) is 7.05 Å².